The number of nitrogens with one attached hydrogen (secondary N) is 1. The van der Waals surface area contributed by atoms with Gasteiger partial charge in [0.1, 0.15) is 6.54 Å². The molecule has 0 fully saturated rings. The number of halogens is 1. The van der Waals surface area contributed by atoms with Gasteiger partial charge in [0.25, 0.3) is 0 Å². The zero-order chi connectivity index (χ0) is 18.7. The molecule has 0 saturated carbocycles. The van der Waals surface area contributed by atoms with Crippen LogP contribution in [0.4, 0.5) is 0 Å². The maximum atomic E-state index is 12.3. The van der Waals surface area contributed by atoms with E-state index in [2.05, 4.69) is 10.3 Å². The van der Waals surface area contributed by atoms with E-state index in [1.54, 1.807) is 18.2 Å². The lowest BCUT2D eigenvalue weighted by Crippen LogP contribution is -2.43. The molecule has 3 aromatic rings. The molecule has 8 heteroatoms. The van der Waals surface area contributed by atoms with Crippen molar-refractivity contribution in [3.63, 3.8) is 0 Å². The molecule has 2 aromatic heterocycles. The van der Waals surface area contributed by atoms with Crippen molar-refractivity contribution in [3.8, 4) is 0 Å². The Hall–Kier alpha value is -2.93. The summed E-state index contributed by atoms with van der Waals surface area (Å²) in [6.07, 6.45) is 2.10. The van der Waals surface area contributed by atoms with Gasteiger partial charge in [-0.15, -0.1) is 0 Å². The highest BCUT2D eigenvalue weighted by atomic mass is 35.5. The molecule has 1 N–H and O–H groups in total. The second-order valence-electron chi connectivity index (χ2n) is 5.79. The lowest BCUT2D eigenvalue weighted by Gasteiger charge is -2.12. The zero-order valence-electron chi connectivity index (χ0n) is 14.1. The number of hydrogen-bond donors (Lipinski definition) is 1. The molecule has 0 saturated heterocycles. The Morgan fingerprint density at radius 2 is 1.92 bits per heavy atom. The van der Waals surface area contributed by atoms with E-state index >= 15 is 0 Å². The second-order valence-corrected chi connectivity index (χ2v) is 6.20. The van der Waals surface area contributed by atoms with E-state index in [-0.39, 0.29) is 12.5 Å². The third-order valence-electron chi connectivity index (χ3n) is 4.08. The summed E-state index contributed by atoms with van der Waals surface area (Å²) in [5.74, 6) is -0.363. The van der Waals surface area contributed by atoms with Crippen molar-refractivity contribution in [3.05, 3.63) is 73.9 Å². The maximum Gasteiger partial charge on any atom is 0.317 e. The van der Waals surface area contributed by atoms with Gasteiger partial charge in [0.15, 0.2) is 5.65 Å². The fourth-order valence-electron chi connectivity index (χ4n) is 2.72. The van der Waals surface area contributed by atoms with E-state index in [0.717, 1.165) is 10.1 Å². The number of aryl methyl sites for hydroxylation is 1. The average Bonchev–Trinajstić information content (AvgIpc) is 2.65. The van der Waals surface area contributed by atoms with Crippen LogP contribution in [0.15, 0.2) is 52.2 Å². The van der Waals surface area contributed by atoms with Crippen LogP contribution in [0.25, 0.3) is 11.2 Å². The molecule has 0 aliphatic heterocycles. The summed E-state index contributed by atoms with van der Waals surface area (Å²) >= 11 is 6.09. The molecule has 2 heterocycles. The zero-order valence-corrected chi connectivity index (χ0v) is 14.9. The first kappa shape index (κ1) is 17.9. The monoisotopic (exact) mass is 372 g/mol. The highest BCUT2D eigenvalue weighted by molar-refractivity contribution is 6.31. The van der Waals surface area contributed by atoms with E-state index < -0.39 is 11.1 Å². The van der Waals surface area contributed by atoms with Gasteiger partial charge in [-0.1, -0.05) is 29.8 Å². The van der Waals surface area contributed by atoms with Gasteiger partial charge >= 0.3 is 11.1 Å². The number of rotatable bonds is 5. The molecule has 0 spiro atoms. The smallest absolute Gasteiger partial charge is 0.317 e. The molecule has 0 bridgehead atoms. The fraction of sp³-hybridized carbons (Fsp3) is 0.222. The van der Waals surface area contributed by atoms with Crippen molar-refractivity contribution >= 4 is 28.7 Å². The summed E-state index contributed by atoms with van der Waals surface area (Å²) in [4.78, 5) is 40.7. The molecule has 1 aromatic carbocycles. The average molecular weight is 373 g/mol. The maximum absolute atomic E-state index is 12.3. The minimum atomic E-state index is -0.755. The van der Waals surface area contributed by atoms with E-state index in [1.807, 2.05) is 18.2 Å². The Morgan fingerprint density at radius 1 is 1.15 bits per heavy atom. The molecule has 0 unspecified atom stereocenters. The van der Waals surface area contributed by atoms with Gasteiger partial charge in [-0.2, -0.15) is 0 Å². The van der Waals surface area contributed by atoms with Gasteiger partial charge in [-0.25, -0.2) is 4.98 Å². The van der Waals surface area contributed by atoms with Gasteiger partial charge < -0.3 is 5.32 Å². The Balaban J connectivity index is 1.77. The number of nitrogens with zero attached hydrogens (tertiary/aromatic N) is 3. The van der Waals surface area contributed by atoms with Crippen molar-refractivity contribution in [1.82, 2.24) is 19.4 Å². The minimum absolute atomic E-state index is 0.250. The lowest BCUT2D eigenvalue weighted by atomic mass is 10.1. The molecule has 0 atom stereocenters. The van der Waals surface area contributed by atoms with Gasteiger partial charge in [0.2, 0.25) is 5.91 Å². The normalized spacial score (nSPS) is 10.8. The summed E-state index contributed by atoms with van der Waals surface area (Å²) in [5, 5.41) is 3.39. The van der Waals surface area contributed by atoms with E-state index in [4.69, 9.17) is 11.6 Å². The summed E-state index contributed by atoms with van der Waals surface area (Å²) in [6, 6.07) is 10.7. The highest BCUT2D eigenvalue weighted by Crippen LogP contribution is 2.14. The van der Waals surface area contributed by atoms with Gasteiger partial charge in [-0.3, -0.25) is 23.5 Å². The predicted octanol–water partition coefficient (Wildman–Crippen LogP) is 1.11. The molecular formula is C18H17ClN4O3. The van der Waals surface area contributed by atoms with Gasteiger partial charge in [0.05, 0.1) is 5.52 Å². The number of benzene rings is 1. The molecular weight excluding hydrogens is 356 g/mol. The number of aromatic nitrogens is 3. The minimum Gasteiger partial charge on any atom is -0.354 e. The first-order chi connectivity index (χ1) is 12.5. The van der Waals surface area contributed by atoms with Crippen LogP contribution in [0.5, 0.6) is 0 Å². The lowest BCUT2D eigenvalue weighted by molar-refractivity contribution is -0.121. The Bertz CT molecular complexity index is 1090. The Morgan fingerprint density at radius 3 is 2.69 bits per heavy atom. The van der Waals surface area contributed by atoms with Crippen LogP contribution in [0.2, 0.25) is 5.02 Å². The van der Waals surface area contributed by atoms with Crippen LogP contribution in [0.1, 0.15) is 5.56 Å². The number of hydrogen-bond acceptors (Lipinski definition) is 4. The quantitative estimate of drug-likeness (QED) is 0.680. The highest BCUT2D eigenvalue weighted by Gasteiger charge is 2.14. The van der Waals surface area contributed by atoms with Crippen molar-refractivity contribution in [2.75, 3.05) is 6.54 Å². The van der Waals surface area contributed by atoms with E-state index in [0.29, 0.717) is 29.2 Å². The largest absolute Gasteiger partial charge is 0.354 e. The molecule has 0 aliphatic carbocycles. The number of amides is 1. The van der Waals surface area contributed by atoms with Crippen molar-refractivity contribution < 1.29 is 4.79 Å². The van der Waals surface area contributed by atoms with Crippen molar-refractivity contribution in [2.24, 2.45) is 7.05 Å². The standard InChI is InChI=1S/C18H17ClN4O3/c1-22-16-14(7-4-9-21-16)23(18(26)17(22)25)11-15(24)20-10-8-12-5-2-3-6-13(12)19/h2-7,9H,8,10-11H2,1H3,(H,20,24). The fourth-order valence-corrected chi connectivity index (χ4v) is 2.95. The van der Waals surface area contributed by atoms with Crippen LogP contribution in [-0.2, 0) is 24.8 Å². The topological polar surface area (TPSA) is 86.0 Å². The van der Waals surface area contributed by atoms with E-state index in [9.17, 15) is 14.4 Å². The van der Waals surface area contributed by atoms with Crippen LogP contribution in [0, 0.1) is 0 Å². The molecule has 1 amide bonds. The van der Waals surface area contributed by atoms with Crippen LogP contribution < -0.4 is 16.4 Å². The number of carbonyl (C=O) groups excluding carboxylic acids is 1. The first-order valence-corrected chi connectivity index (χ1v) is 8.41. The molecule has 7 nitrogen and oxygen atoms in total. The summed E-state index contributed by atoms with van der Waals surface area (Å²) in [7, 11) is 1.48. The number of carbonyl (C=O) groups is 1. The molecule has 0 radical (unpaired) electrons. The summed E-state index contributed by atoms with van der Waals surface area (Å²) < 4.78 is 2.33. The van der Waals surface area contributed by atoms with Gasteiger partial charge in [0, 0.05) is 24.8 Å². The molecule has 3 rings (SSSR count). The number of fused-ring (bicyclic) bond motifs is 1. The van der Waals surface area contributed by atoms with Crippen LogP contribution in [0.3, 0.4) is 0 Å². The summed E-state index contributed by atoms with van der Waals surface area (Å²) in [6.45, 7) is 0.123. The Kier molecular flexibility index (Phi) is 5.18. The van der Waals surface area contributed by atoms with E-state index in [1.165, 1.54) is 17.8 Å². The number of pyridine rings is 1. The van der Waals surface area contributed by atoms with Gasteiger partial charge in [-0.05, 0) is 30.2 Å². The van der Waals surface area contributed by atoms with Crippen molar-refractivity contribution in [1.29, 1.82) is 0 Å². The molecule has 0 aliphatic rings. The molecule has 26 heavy (non-hydrogen) atoms. The van der Waals surface area contributed by atoms with Crippen LogP contribution in [-0.4, -0.2) is 26.6 Å². The third-order valence-corrected chi connectivity index (χ3v) is 4.45. The predicted molar refractivity (Wildman–Crippen MR) is 99.4 cm³/mol. The Labute approximate surface area is 153 Å². The third kappa shape index (κ3) is 3.52. The van der Waals surface area contributed by atoms with Crippen LogP contribution >= 0.6 is 11.6 Å². The summed E-state index contributed by atoms with van der Waals surface area (Å²) in [5.41, 5.74) is 0.228. The van der Waals surface area contributed by atoms with Crippen molar-refractivity contribution in [2.45, 2.75) is 13.0 Å². The molecule has 134 valence electrons. The SMILES string of the molecule is Cn1c(=O)c(=O)n(CC(=O)NCCc2ccccc2Cl)c2cccnc21. The first-order valence-electron chi connectivity index (χ1n) is 8.03. The second kappa shape index (κ2) is 7.53.